The molecule has 2 aromatic rings. The Labute approximate surface area is 121 Å². The second-order valence-electron chi connectivity index (χ2n) is 5.28. The number of hydrogen-bond donors (Lipinski definition) is 2. The van der Waals surface area contributed by atoms with E-state index in [1.165, 1.54) is 30.1 Å². The van der Waals surface area contributed by atoms with Gasteiger partial charge in [-0.2, -0.15) is 16.9 Å². The van der Waals surface area contributed by atoms with Crippen molar-refractivity contribution in [3.05, 3.63) is 22.4 Å². The highest BCUT2D eigenvalue weighted by Crippen LogP contribution is 2.28. The van der Waals surface area contributed by atoms with E-state index in [0.29, 0.717) is 17.5 Å². The topological polar surface area (TPSA) is 75.1 Å². The Balaban J connectivity index is 1.82. The molecule has 0 bridgehead atoms. The molecular formula is C13H19N5OS. The van der Waals surface area contributed by atoms with Gasteiger partial charge in [0.25, 0.3) is 0 Å². The number of thioether (sulfide) groups is 1. The lowest BCUT2D eigenvalue weighted by atomic mass is 9.95. The van der Waals surface area contributed by atoms with Crippen LogP contribution in [-0.4, -0.2) is 37.1 Å². The van der Waals surface area contributed by atoms with E-state index in [9.17, 15) is 4.79 Å². The van der Waals surface area contributed by atoms with E-state index in [1.54, 1.807) is 0 Å². The Hall–Kier alpha value is -1.50. The van der Waals surface area contributed by atoms with Crippen molar-refractivity contribution in [2.24, 2.45) is 0 Å². The van der Waals surface area contributed by atoms with E-state index in [2.05, 4.69) is 26.8 Å². The molecule has 20 heavy (non-hydrogen) atoms. The zero-order valence-electron chi connectivity index (χ0n) is 11.7. The van der Waals surface area contributed by atoms with Gasteiger partial charge >= 0.3 is 5.69 Å². The van der Waals surface area contributed by atoms with Crippen LogP contribution in [-0.2, 0) is 0 Å². The number of hydrogen-bond acceptors (Lipinski definition) is 5. The quantitative estimate of drug-likeness (QED) is 0.902. The summed E-state index contributed by atoms with van der Waals surface area (Å²) >= 11 is 1.95. The molecule has 1 aliphatic carbocycles. The van der Waals surface area contributed by atoms with Crippen LogP contribution in [0, 0.1) is 6.92 Å². The minimum absolute atomic E-state index is 0.239. The lowest BCUT2D eigenvalue weighted by Crippen LogP contribution is -2.29. The smallest absolute Gasteiger partial charge is 0.349 e. The van der Waals surface area contributed by atoms with Crippen molar-refractivity contribution >= 4 is 23.2 Å². The lowest BCUT2D eigenvalue weighted by molar-refractivity contribution is 0.472. The number of aromatic amines is 1. The first-order chi connectivity index (χ1) is 9.67. The molecule has 0 radical (unpaired) electrons. The Kier molecular flexibility index (Phi) is 3.69. The zero-order valence-corrected chi connectivity index (χ0v) is 12.5. The molecule has 6 nitrogen and oxygen atoms in total. The van der Waals surface area contributed by atoms with Crippen molar-refractivity contribution in [2.75, 3.05) is 11.6 Å². The number of nitrogens with zero attached hydrogens (tertiary/aromatic N) is 3. The van der Waals surface area contributed by atoms with Gasteiger partial charge in [0.2, 0.25) is 0 Å². The molecule has 0 aliphatic heterocycles. The second kappa shape index (κ2) is 5.47. The Morgan fingerprint density at radius 3 is 3.15 bits per heavy atom. The van der Waals surface area contributed by atoms with Gasteiger partial charge < -0.3 is 5.32 Å². The average Bonchev–Trinajstić information content (AvgIpc) is 2.81. The molecule has 108 valence electrons. The summed E-state index contributed by atoms with van der Waals surface area (Å²) in [5.74, 6) is 1.46. The Morgan fingerprint density at radius 1 is 1.50 bits per heavy atom. The fourth-order valence-electron chi connectivity index (χ4n) is 2.87. The van der Waals surface area contributed by atoms with Crippen LogP contribution in [0.3, 0.4) is 0 Å². The molecule has 2 unspecified atom stereocenters. The van der Waals surface area contributed by atoms with E-state index in [0.717, 1.165) is 11.1 Å². The number of nitrogens with one attached hydrogen (secondary N) is 2. The maximum absolute atomic E-state index is 11.6. The average molecular weight is 293 g/mol. The number of aryl methyl sites for hydroxylation is 1. The first-order valence-electron chi connectivity index (χ1n) is 6.91. The third-order valence-corrected chi connectivity index (χ3v) is 4.98. The fourth-order valence-corrected chi connectivity index (χ4v) is 3.70. The normalized spacial score (nSPS) is 23.1. The van der Waals surface area contributed by atoms with E-state index in [-0.39, 0.29) is 5.69 Å². The molecule has 1 aliphatic rings. The SMILES string of the molecule is CSC1CCCC(Nc2cc3n[nH]c(=O)n3c(C)n2)C1. The van der Waals surface area contributed by atoms with E-state index in [4.69, 9.17) is 0 Å². The van der Waals surface area contributed by atoms with E-state index >= 15 is 0 Å². The molecule has 3 rings (SSSR count). The monoisotopic (exact) mass is 293 g/mol. The maximum Gasteiger partial charge on any atom is 0.349 e. The molecule has 1 fully saturated rings. The highest BCUT2D eigenvalue weighted by Gasteiger charge is 2.21. The molecule has 0 aromatic carbocycles. The summed E-state index contributed by atoms with van der Waals surface area (Å²) in [6.45, 7) is 1.82. The predicted molar refractivity (Wildman–Crippen MR) is 81.5 cm³/mol. The summed E-state index contributed by atoms with van der Waals surface area (Å²) in [6.07, 6.45) is 7.08. The van der Waals surface area contributed by atoms with Crippen molar-refractivity contribution in [2.45, 2.75) is 43.9 Å². The van der Waals surface area contributed by atoms with E-state index in [1.807, 2.05) is 24.8 Å². The van der Waals surface area contributed by atoms with Crippen LogP contribution in [0.2, 0.25) is 0 Å². The van der Waals surface area contributed by atoms with Gasteiger partial charge in [-0.05, 0) is 32.4 Å². The third-order valence-electron chi connectivity index (χ3n) is 3.88. The molecule has 0 saturated heterocycles. The number of anilines is 1. The summed E-state index contributed by atoms with van der Waals surface area (Å²) in [4.78, 5) is 16.0. The van der Waals surface area contributed by atoms with Crippen LogP contribution in [0.5, 0.6) is 0 Å². The van der Waals surface area contributed by atoms with Gasteiger partial charge in [0, 0.05) is 17.4 Å². The first kappa shape index (κ1) is 13.5. The second-order valence-corrected chi connectivity index (χ2v) is 6.41. The van der Waals surface area contributed by atoms with Gasteiger partial charge in [-0.15, -0.1) is 0 Å². The van der Waals surface area contributed by atoms with Crippen LogP contribution < -0.4 is 11.0 Å². The summed E-state index contributed by atoms with van der Waals surface area (Å²) in [5, 5.41) is 10.7. The maximum atomic E-state index is 11.6. The molecule has 2 aromatic heterocycles. The Bertz CT molecular complexity index is 664. The van der Waals surface area contributed by atoms with Crippen molar-refractivity contribution in [1.29, 1.82) is 0 Å². The van der Waals surface area contributed by atoms with Crippen molar-refractivity contribution < 1.29 is 0 Å². The highest BCUT2D eigenvalue weighted by molar-refractivity contribution is 7.99. The molecule has 0 amide bonds. The molecule has 7 heteroatoms. The van der Waals surface area contributed by atoms with Gasteiger partial charge in [0.1, 0.15) is 11.6 Å². The van der Waals surface area contributed by atoms with E-state index < -0.39 is 0 Å². The number of rotatable bonds is 3. The van der Waals surface area contributed by atoms with Crippen LogP contribution in [0.15, 0.2) is 10.9 Å². The van der Waals surface area contributed by atoms with Crippen LogP contribution in [0.25, 0.3) is 5.65 Å². The highest BCUT2D eigenvalue weighted by atomic mass is 32.2. The number of fused-ring (bicyclic) bond motifs is 1. The minimum Gasteiger partial charge on any atom is -0.367 e. The first-order valence-corrected chi connectivity index (χ1v) is 8.20. The fraction of sp³-hybridized carbons (Fsp3) is 0.615. The molecule has 2 N–H and O–H groups in total. The van der Waals surface area contributed by atoms with Gasteiger partial charge in [0.15, 0.2) is 5.65 Å². The van der Waals surface area contributed by atoms with Crippen molar-refractivity contribution in [1.82, 2.24) is 19.6 Å². The standard InChI is InChI=1S/C13H19N5OS/c1-8-14-11(7-12-16-17-13(19)18(8)12)15-9-4-3-5-10(6-9)20-2/h7,9-10,15H,3-6H2,1-2H3,(H,17,19). The summed E-state index contributed by atoms with van der Waals surface area (Å²) in [6, 6.07) is 2.29. The molecular weight excluding hydrogens is 274 g/mol. The molecule has 0 spiro atoms. The van der Waals surface area contributed by atoms with Crippen LogP contribution in [0.4, 0.5) is 5.82 Å². The Morgan fingerprint density at radius 2 is 2.35 bits per heavy atom. The largest absolute Gasteiger partial charge is 0.367 e. The van der Waals surface area contributed by atoms with Crippen LogP contribution in [0.1, 0.15) is 31.5 Å². The zero-order chi connectivity index (χ0) is 14.1. The predicted octanol–water partition coefficient (Wildman–Crippen LogP) is 1.81. The minimum atomic E-state index is -0.239. The lowest BCUT2D eigenvalue weighted by Gasteiger charge is -2.29. The summed E-state index contributed by atoms with van der Waals surface area (Å²) in [7, 11) is 0. The van der Waals surface area contributed by atoms with Gasteiger partial charge in [-0.3, -0.25) is 0 Å². The van der Waals surface area contributed by atoms with Crippen molar-refractivity contribution in [3.63, 3.8) is 0 Å². The van der Waals surface area contributed by atoms with Gasteiger partial charge in [-0.1, -0.05) is 6.42 Å². The molecule has 2 heterocycles. The van der Waals surface area contributed by atoms with Crippen LogP contribution >= 0.6 is 11.8 Å². The summed E-state index contributed by atoms with van der Waals surface area (Å²) in [5.41, 5.74) is 0.374. The number of H-pyrrole nitrogens is 1. The summed E-state index contributed by atoms with van der Waals surface area (Å²) < 4.78 is 1.48. The van der Waals surface area contributed by atoms with Gasteiger partial charge in [0.05, 0.1) is 0 Å². The van der Waals surface area contributed by atoms with Crippen molar-refractivity contribution in [3.8, 4) is 0 Å². The third kappa shape index (κ3) is 2.54. The molecule has 1 saturated carbocycles. The molecule has 2 atom stereocenters. The number of aromatic nitrogens is 4. The van der Waals surface area contributed by atoms with Gasteiger partial charge in [-0.25, -0.2) is 19.3 Å².